The molecule has 0 aliphatic rings. The highest BCUT2D eigenvalue weighted by Crippen LogP contribution is 2.23. The van der Waals surface area contributed by atoms with Crippen molar-refractivity contribution in [2.24, 2.45) is 0 Å². The molecule has 0 aromatic heterocycles. The number of ether oxygens (including phenoxy) is 1. The van der Waals surface area contributed by atoms with Gasteiger partial charge in [-0.3, -0.25) is 9.63 Å². The number of carbonyl (C=O) groups excluding carboxylic acids is 1. The average Bonchev–Trinajstić information content (AvgIpc) is 2.46. The standard InChI is InChI=1S/C15H14FNO3/c1-17(19-2)15(18)11-5-3-7-13(9-11)20-14-8-4-6-12(16)10-14/h3-10H,1-2H3. The molecule has 0 fully saturated rings. The van der Waals surface area contributed by atoms with E-state index in [1.165, 1.54) is 26.3 Å². The maximum absolute atomic E-state index is 13.1. The molecule has 0 aliphatic carbocycles. The van der Waals surface area contributed by atoms with E-state index >= 15 is 0 Å². The summed E-state index contributed by atoms with van der Waals surface area (Å²) in [5.74, 6) is 0.145. The zero-order valence-corrected chi connectivity index (χ0v) is 11.2. The van der Waals surface area contributed by atoms with Gasteiger partial charge >= 0.3 is 0 Å². The molecule has 5 heteroatoms. The Kier molecular flexibility index (Phi) is 4.32. The number of hydrogen-bond donors (Lipinski definition) is 0. The molecule has 0 unspecified atom stereocenters. The van der Waals surface area contributed by atoms with Crippen LogP contribution in [0.1, 0.15) is 10.4 Å². The summed E-state index contributed by atoms with van der Waals surface area (Å²) in [7, 11) is 2.92. The van der Waals surface area contributed by atoms with Gasteiger partial charge in [0.25, 0.3) is 5.91 Å². The van der Waals surface area contributed by atoms with Gasteiger partial charge in [-0.2, -0.15) is 0 Å². The molecule has 0 aliphatic heterocycles. The van der Waals surface area contributed by atoms with Gasteiger partial charge in [0.15, 0.2) is 0 Å². The van der Waals surface area contributed by atoms with Crippen LogP contribution >= 0.6 is 0 Å². The second-order valence-electron chi connectivity index (χ2n) is 4.07. The molecule has 0 N–H and O–H groups in total. The summed E-state index contributed by atoms with van der Waals surface area (Å²) in [5.41, 5.74) is 0.420. The molecule has 0 radical (unpaired) electrons. The van der Waals surface area contributed by atoms with Crippen LogP contribution in [0.4, 0.5) is 4.39 Å². The molecule has 104 valence electrons. The summed E-state index contributed by atoms with van der Waals surface area (Å²) in [6, 6.07) is 12.4. The first-order valence-electron chi connectivity index (χ1n) is 5.96. The van der Waals surface area contributed by atoms with Crippen LogP contribution in [0.2, 0.25) is 0 Å². The number of halogens is 1. The number of hydroxylamine groups is 2. The van der Waals surface area contributed by atoms with Crippen LogP contribution in [0.5, 0.6) is 11.5 Å². The van der Waals surface area contributed by atoms with E-state index in [2.05, 4.69) is 0 Å². The normalized spacial score (nSPS) is 10.2. The van der Waals surface area contributed by atoms with Gasteiger partial charge in [0.1, 0.15) is 17.3 Å². The monoisotopic (exact) mass is 275 g/mol. The van der Waals surface area contributed by atoms with Crippen molar-refractivity contribution in [3.8, 4) is 11.5 Å². The topological polar surface area (TPSA) is 38.8 Å². The van der Waals surface area contributed by atoms with E-state index < -0.39 is 0 Å². The molecule has 20 heavy (non-hydrogen) atoms. The molecular formula is C15H14FNO3. The minimum atomic E-state index is -0.381. The minimum absolute atomic E-state index is 0.294. The van der Waals surface area contributed by atoms with E-state index in [-0.39, 0.29) is 11.7 Å². The highest BCUT2D eigenvalue weighted by atomic mass is 19.1. The van der Waals surface area contributed by atoms with E-state index in [4.69, 9.17) is 9.57 Å². The van der Waals surface area contributed by atoms with E-state index in [1.807, 2.05) is 0 Å². The summed E-state index contributed by atoms with van der Waals surface area (Å²) >= 11 is 0. The van der Waals surface area contributed by atoms with Gasteiger partial charge < -0.3 is 4.74 Å². The lowest BCUT2D eigenvalue weighted by atomic mass is 10.2. The van der Waals surface area contributed by atoms with Crippen molar-refractivity contribution < 1.29 is 18.8 Å². The Morgan fingerprint density at radius 1 is 1.10 bits per heavy atom. The van der Waals surface area contributed by atoms with Crippen LogP contribution in [0, 0.1) is 5.82 Å². The quantitative estimate of drug-likeness (QED) is 0.804. The summed E-state index contributed by atoms with van der Waals surface area (Å²) in [4.78, 5) is 16.8. The Balaban J connectivity index is 2.20. The van der Waals surface area contributed by atoms with Crippen LogP contribution in [-0.4, -0.2) is 25.1 Å². The zero-order chi connectivity index (χ0) is 14.5. The molecule has 0 saturated carbocycles. The van der Waals surface area contributed by atoms with E-state index in [0.29, 0.717) is 17.1 Å². The van der Waals surface area contributed by atoms with Crippen molar-refractivity contribution in [3.63, 3.8) is 0 Å². The van der Waals surface area contributed by atoms with Gasteiger partial charge in [-0.1, -0.05) is 12.1 Å². The second-order valence-corrected chi connectivity index (χ2v) is 4.07. The van der Waals surface area contributed by atoms with Crippen molar-refractivity contribution in [2.45, 2.75) is 0 Å². The van der Waals surface area contributed by atoms with Gasteiger partial charge in [-0.05, 0) is 30.3 Å². The third-order valence-corrected chi connectivity index (χ3v) is 2.67. The molecule has 0 saturated heterocycles. The smallest absolute Gasteiger partial charge is 0.277 e. The Bertz CT molecular complexity index is 616. The van der Waals surface area contributed by atoms with Crippen molar-refractivity contribution >= 4 is 5.91 Å². The first-order chi connectivity index (χ1) is 9.60. The Morgan fingerprint density at radius 3 is 2.40 bits per heavy atom. The zero-order valence-electron chi connectivity index (χ0n) is 11.2. The first kappa shape index (κ1) is 14.0. The lowest BCUT2D eigenvalue weighted by Gasteiger charge is -2.14. The number of amides is 1. The van der Waals surface area contributed by atoms with Gasteiger partial charge in [0.2, 0.25) is 0 Å². The number of carbonyl (C=O) groups is 1. The predicted octanol–water partition coefficient (Wildman–Crippen LogP) is 3.25. The molecule has 0 atom stereocenters. The Hall–Kier alpha value is -2.40. The van der Waals surface area contributed by atoms with Gasteiger partial charge in [-0.25, -0.2) is 9.45 Å². The maximum Gasteiger partial charge on any atom is 0.277 e. The van der Waals surface area contributed by atoms with E-state index in [9.17, 15) is 9.18 Å². The van der Waals surface area contributed by atoms with Crippen LogP contribution < -0.4 is 4.74 Å². The van der Waals surface area contributed by atoms with Gasteiger partial charge in [0.05, 0.1) is 7.11 Å². The van der Waals surface area contributed by atoms with Crippen molar-refractivity contribution in [1.82, 2.24) is 5.06 Å². The van der Waals surface area contributed by atoms with Crippen LogP contribution in [0.3, 0.4) is 0 Å². The van der Waals surface area contributed by atoms with Crippen LogP contribution in [0.15, 0.2) is 48.5 Å². The largest absolute Gasteiger partial charge is 0.457 e. The molecular weight excluding hydrogens is 261 g/mol. The minimum Gasteiger partial charge on any atom is -0.457 e. The number of benzene rings is 2. The number of nitrogens with zero attached hydrogens (tertiary/aromatic N) is 1. The fourth-order valence-electron chi connectivity index (χ4n) is 1.62. The van der Waals surface area contributed by atoms with Gasteiger partial charge in [0, 0.05) is 18.7 Å². The lowest BCUT2D eigenvalue weighted by Crippen LogP contribution is -2.25. The number of rotatable bonds is 4. The second kappa shape index (κ2) is 6.16. The van der Waals surface area contributed by atoms with Crippen molar-refractivity contribution in [1.29, 1.82) is 0 Å². The Labute approximate surface area is 116 Å². The fourth-order valence-corrected chi connectivity index (χ4v) is 1.62. The van der Waals surface area contributed by atoms with Crippen molar-refractivity contribution in [3.05, 3.63) is 59.9 Å². The van der Waals surface area contributed by atoms with Gasteiger partial charge in [-0.15, -0.1) is 0 Å². The average molecular weight is 275 g/mol. The molecule has 2 rings (SSSR count). The SMILES string of the molecule is CON(C)C(=O)c1cccc(Oc2cccc(F)c2)c1. The predicted molar refractivity (Wildman–Crippen MR) is 72.0 cm³/mol. The van der Waals surface area contributed by atoms with E-state index in [0.717, 1.165) is 5.06 Å². The highest BCUT2D eigenvalue weighted by Gasteiger charge is 2.12. The van der Waals surface area contributed by atoms with E-state index in [1.54, 1.807) is 36.4 Å². The third-order valence-electron chi connectivity index (χ3n) is 2.67. The third kappa shape index (κ3) is 3.33. The first-order valence-corrected chi connectivity index (χ1v) is 5.96. The Morgan fingerprint density at radius 2 is 1.75 bits per heavy atom. The highest BCUT2D eigenvalue weighted by molar-refractivity contribution is 5.93. The summed E-state index contributed by atoms with van der Waals surface area (Å²) in [5, 5.41) is 1.11. The maximum atomic E-state index is 13.1. The molecule has 2 aromatic rings. The van der Waals surface area contributed by atoms with Crippen molar-refractivity contribution in [2.75, 3.05) is 14.2 Å². The summed E-state index contributed by atoms with van der Waals surface area (Å²) in [6.07, 6.45) is 0. The molecule has 1 amide bonds. The molecule has 0 spiro atoms. The summed E-state index contributed by atoms with van der Waals surface area (Å²) in [6.45, 7) is 0. The number of hydrogen-bond acceptors (Lipinski definition) is 3. The van der Waals surface area contributed by atoms with Crippen LogP contribution in [0.25, 0.3) is 0 Å². The molecule has 2 aromatic carbocycles. The summed E-state index contributed by atoms with van der Waals surface area (Å²) < 4.78 is 18.6. The van der Waals surface area contributed by atoms with Crippen LogP contribution in [-0.2, 0) is 4.84 Å². The lowest BCUT2D eigenvalue weighted by molar-refractivity contribution is -0.0757. The molecule has 0 heterocycles. The fraction of sp³-hybridized carbons (Fsp3) is 0.133. The molecule has 0 bridgehead atoms. The molecule has 4 nitrogen and oxygen atoms in total.